The number of nitrogens with zero attached hydrogens (tertiary/aromatic N) is 2. The molecule has 0 aliphatic carbocycles. The fraction of sp³-hybridized carbons (Fsp3) is 0.136. The molecular weight excluding hydrogens is 402 g/mol. The number of imide groups is 1. The lowest BCUT2D eigenvalue weighted by Gasteiger charge is -2.11. The number of nitrogens with one attached hydrogen (secondary N) is 1. The minimum absolute atomic E-state index is 0.00541. The second-order valence-corrected chi connectivity index (χ2v) is 6.64. The summed E-state index contributed by atoms with van der Waals surface area (Å²) in [7, 11) is 0. The number of esters is 1. The second kappa shape index (κ2) is 8.23. The number of ether oxygens (including phenoxy) is 1. The largest absolute Gasteiger partial charge is 0.467 e. The summed E-state index contributed by atoms with van der Waals surface area (Å²) in [5.74, 6) is -1.40. The SMILES string of the molecule is CCOC(=O)c1ccnc(NC(=O)c2ccc3c(c2)C(=O)N(Cc2ccco2)C3=O)c1. The summed E-state index contributed by atoms with van der Waals surface area (Å²) in [6.07, 6.45) is 2.83. The van der Waals surface area contributed by atoms with Gasteiger partial charge in [-0.05, 0) is 49.4 Å². The van der Waals surface area contributed by atoms with Crippen molar-refractivity contribution in [2.75, 3.05) is 11.9 Å². The third-order valence-corrected chi connectivity index (χ3v) is 4.64. The van der Waals surface area contributed by atoms with Crippen LogP contribution in [0.15, 0.2) is 59.3 Å². The maximum absolute atomic E-state index is 12.7. The second-order valence-electron chi connectivity index (χ2n) is 6.64. The molecule has 3 amide bonds. The number of furan rings is 1. The van der Waals surface area contributed by atoms with Crippen LogP contribution in [0.4, 0.5) is 5.82 Å². The first-order chi connectivity index (χ1) is 15.0. The molecule has 9 heteroatoms. The van der Waals surface area contributed by atoms with Crippen LogP contribution in [0.2, 0.25) is 0 Å². The van der Waals surface area contributed by atoms with Crippen LogP contribution in [0.1, 0.15) is 54.1 Å². The number of benzene rings is 1. The van der Waals surface area contributed by atoms with Crippen molar-refractivity contribution in [2.24, 2.45) is 0 Å². The molecule has 0 atom stereocenters. The highest BCUT2D eigenvalue weighted by molar-refractivity contribution is 6.22. The number of fused-ring (bicyclic) bond motifs is 1. The molecule has 156 valence electrons. The van der Waals surface area contributed by atoms with Crippen LogP contribution in [0.25, 0.3) is 0 Å². The topological polar surface area (TPSA) is 119 Å². The van der Waals surface area contributed by atoms with Gasteiger partial charge in [0, 0.05) is 11.8 Å². The number of rotatable bonds is 6. The quantitative estimate of drug-likeness (QED) is 0.482. The molecular formula is C22H17N3O6. The summed E-state index contributed by atoms with van der Waals surface area (Å²) in [6, 6.07) is 10.5. The Morgan fingerprint density at radius 3 is 2.61 bits per heavy atom. The van der Waals surface area contributed by atoms with Crippen molar-refractivity contribution in [3.05, 3.63) is 82.9 Å². The summed E-state index contributed by atoms with van der Waals surface area (Å²) in [5.41, 5.74) is 0.770. The zero-order valence-electron chi connectivity index (χ0n) is 16.5. The molecule has 3 aromatic rings. The Hall–Kier alpha value is -4.27. The summed E-state index contributed by atoms with van der Waals surface area (Å²) in [4.78, 5) is 54.9. The molecule has 31 heavy (non-hydrogen) atoms. The van der Waals surface area contributed by atoms with Gasteiger partial charge in [0.05, 0.1) is 36.1 Å². The zero-order valence-corrected chi connectivity index (χ0v) is 16.5. The molecule has 9 nitrogen and oxygen atoms in total. The Bertz CT molecular complexity index is 1190. The van der Waals surface area contributed by atoms with E-state index in [4.69, 9.17) is 9.15 Å². The maximum atomic E-state index is 12.7. The Morgan fingerprint density at radius 1 is 1.06 bits per heavy atom. The highest BCUT2D eigenvalue weighted by Crippen LogP contribution is 2.26. The molecule has 0 bridgehead atoms. The van der Waals surface area contributed by atoms with Gasteiger partial charge in [0.25, 0.3) is 17.7 Å². The van der Waals surface area contributed by atoms with E-state index in [9.17, 15) is 19.2 Å². The number of amides is 3. The van der Waals surface area contributed by atoms with Crippen molar-refractivity contribution in [3.63, 3.8) is 0 Å². The van der Waals surface area contributed by atoms with Crippen molar-refractivity contribution < 1.29 is 28.3 Å². The van der Waals surface area contributed by atoms with E-state index in [2.05, 4.69) is 10.3 Å². The summed E-state index contributed by atoms with van der Waals surface area (Å²) < 4.78 is 10.1. The van der Waals surface area contributed by atoms with Gasteiger partial charge in [-0.25, -0.2) is 9.78 Å². The van der Waals surface area contributed by atoms with Crippen LogP contribution < -0.4 is 5.32 Å². The van der Waals surface area contributed by atoms with E-state index in [1.54, 1.807) is 19.1 Å². The van der Waals surface area contributed by atoms with Gasteiger partial charge >= 0.3 is 5.97 Å². The van der Waals surface area contributed by atoms with Crippen molar-refractivity contribution in [3.8, 4) is 0 Å². The first kappa shape index (κ1) is 20.0. The van der Waals surface area contributed by atoms with E-state index >= 15 is 0 Å². The van der Waals surface area contributed by atoms with Gasteiger partial charge in [0.15, 0.2) is 0 Å². The molecule has 3 heterocycles. The van der Waals surface area contributed by atoms with Crippen molar-refractivity contribution in [1.29, 1.82) is 0 Å². The van der Waals surface area contributed by atoms with E-state index in [0.717, 1.165) is 4.90 Å². The van der Waals surface area contributed by atoms with Gasteiger partial charge < -0.3 is 14.5 Å². The molecule has 2 aromatic heterocycles. The standard InChI is InChI=1S/C22H17N3O6/c1-2-30-22(29)14-7-8-23-18(11-14)24-19(26)13-5-6-16-17(10-13)21(28)25(20(16)27)12-15-4-3-9-31-15/h3-11H,2,12H2,1H3,(H,23,24,26). The van der Waals surface area contributed by atoms with Crippen LogP contribution in [-0.2, 0) is 11.3 Å². The molecule has 0 fully saturated rings. The molecule has 1 aromatic carbocycles. The molecule has 1 N–H and O–H groups in total. The average molecular weight is 419 g/mol. The van der Waals surface area contributed by atoms with Crippen molar-refractivity contribution >= 4 is 29.5 Å². The highest BCUT2D eigenvalue weighted by Gasteiger charge is 2.36. The van der Waals surface area contributed by atoms with Crippen LogP contribution in [-0.4, -0.2) is 40.2 Å². The van der Waals surface area contributed by atoms with E-state index in [1.807, 2.05) is 0 Å². The minimum atomic E-state index is -0.541. The summed E-state index contributed by atoms with van der Waals surface area (Å²) >= 11 is 0. The normalized spacial score (nSPS) is 12.6. The number of pyridine rings is 1. The third kappa shape index (κ3) is 3.93. The molecule has 1 aliphatic heterocycles. The highest BCUT2D eigenvalue weighted by atomic mass is 16.5. The molecule has 0 saturated carbocycles. The van der Waals surface area contributed by atoms with Gasteiger partial charge in [-0.15, -0.1) is 0 Å². The van der Waals surface area contributed by atoms with Gasteiger partial charge in [0.1, 0.15) is 11.6 Å². The number of hydrogen-bond acceptors (Lipinski definition) is 7. The fourth-order valence-corrected chi connectivity index (χ4v) is 3.16. The zero-order chi connectivity index (χ0) is 22.0. The predicted octanol–water partition coefficient (Wildman–Crippen LogP) is 2.90. The van der Waals surface area contributed by atoms with Crippen LogP contribution >= 0.6 is 0 Å². The lowest BCUT2D eigenvalue weighted by atomic mass is 10.1. The lowest BCUT2D eigenvalue weighted by molar-refractivity contribution is 0.0525. The van der Waals surface area contributed by atoms with Crippen molar-refractivity contribution in [1.82, 2.24) is 9.88 Å². The first-order valence-electron chi connectivity index (χ1n) is 9.45. The molecule has 1 aliphatic rings. The van der Waals surface area contributed by atoms with E-state index in [-0.39, 0.29) is 41.2 Å². The predicted molar refractivity (Wildman–Crippen MR) is 108 cm³/mol. The van der Waals surface area contributed by atoms with Gasteiger partial charge in [-0.2, -0.15) is 0 Å². The summed E-state index contributed by atoms with van der Waals surface area (Å²) in [5, 5.41) is 2.58. The van der Waals surface area contributed by atoms with Crippen LogP contribution in [0.3, 0.4) is 0 Å². The summed E-state index contributed by atoms with van der Waals surface area (Å²) in [6.45, 7) is 1.92. The van der Waals surface area contributed by atoms with Crippen LogP contribution in [0, 0.1) is 0 Å². The molecule has 0 unspecified atom stereocenters. The van der Waals surface area contributed by atoms with Gasteiger partial charge in [-0.1, -0.05) is 0 Å². The number of anilines is 1. The Balaban J connectivity index is 1.53. The Labute approximate surface area is 176 Å². The van der Waals surface area contributed by atoms with Gasteiger partial charge in [-0.3, -0.25) is 19.3 Å². The smallest absolute Gasteiger partial charge is 0.338 e. The minimum Gasteiger partial charge on any atom is -0.467 e. The fourth-order valence-electron chi connectivity index (χ4n) is 3.16. The molecule has 0 saturated heterocycles. The van der Waals surface area contributed by atoms with Crippen molar-refractivity contribution in [2.45, 2.75) is 13.5 Å². The number of carbonyl (C=O) groups is 4. The Morgan fingerprint density at radius 2 is 1.87 bits per heavy atom. The monoisotopic (exact) mass is 419 g/mol. The number of hydrogen-bond donors (Lipinski definition) is 1. The van der Waals surface area contributed by atoms with E-state index in [1.165, 1.54) is 42.8 Å². The maximum Gasteiger partial charge on any atom is 0.338 e. The molecule has 4 rings (SSSR count). The van der Waals surface area contributed by atoms with Crippen LogP contribution in [0.5, 0.6) is 0 Å². The van der Waals surface area contributed by atoms with E-state index < -0.39 is 23.7 Å². The Kier molecular flexibility index (Phi) is 5.31. The third-order valence-electron chi connectivity index (χ3n) is 4.64. The van der Waals surface area contributed by atoms with E-state index in [0.29, 0.717) is 5.76 Å². The molecule has 0 radical (unpaired) electrons. The number of aromatic nitrogens is 1. The first-order valence-corrected chi connectivity index (χ1v) is 9.45. The lowest BCUT2D eigenvalue weighted by Crippen LogP contribution is -2.28. The number of carbonyl (C=O) groups excluding carboxylic acids is 4. The average Bonchev–Trinajstić information content (AvgIpc) is 3.37. The van der Waals surface area contributed by atoms with Gasteiger partial charge in [0.2, 0.25) is 0 Å². The molecule has 0 spiro atoms.